The molecule has 0 aromatic heterocycles. The van der Waals surface area contributed by atoms with Gasteiger partial charge in [-0.15, -0.1) is 0 Å². The number of ether oxygens (including phenoxy) is 1. The molecule has 0 spiro atoms. The molecule has 2 aromatic rings. The molecular weight excluding hydrogens is 320 g/mol. The molecule has 0 aliphatic carbocycles. The molecule has 0 aliphatic rings. The maximum absolute atomic E-state index is 9.09. The summed E-state index contributed by atoms with van der Waals surface area (Å²) in [6, 6.07) is 14.6. The Morgan fingerprint density at radius 2 is 1.58 bits per heavy atom. The second kappa shape index (κ2) is 11.0. The standard InChI is InChI=1S/C24H34O2/c1-4-5-7-21(17-23-10-9-19(2)20(3)16-23)8-6-15-26-24-13-11-22(18-25)12-14-24/h9-14,16,21,25H,4-8,15,17-18H2,1-3H3/t21-/m1/s1. The van der Waals surface area contributed by atoms with E-state index in [9.17, 15) is 0 Å². The van der Waals surface area contributed by atoms with Gasteiger partial charge in [-0.3, -0.25) is 0 Å². The summed E-state index contributed by atoms with van der Waals surface area (Å²) in [6.45, 7) is 7.49. The highest BCUT2D eigenvalue weighted by Gasteiger charge is 2.10. The lowest BCUT2D eigenvalue weighted by molar-refractivity contribution is 0.279. The van der Waals surface area contributed by atoms with Crippen molar-refractivity contribution in [2.75, 3.05) is 6.61 Å². The molecule has 2 rings (SSSR count). The van der Waals surface area contributed by atoms with Crippen LogP contribution in [0.1, 0.15) is 61.3 Å². The van der Waals surface area contributed by atoms with Crippen LogP contribution in [0.25, 0.3) is 0 Å². The van der Waals surface area contributed by atoms with Gasteiger partial charge in [0, 0.05) is 0 Å². The largest absolute Gasteiger partial charge is 0.494 e. The van der Waals surface area contributed by atoms with Crippen LogP contribution in [0.3, 0.4) is 0 Å². The van der Waals surface area contributed by atoms with E-state index >= 15 is 0 Å². The number of benzene rings is 2. The molecule has 0 saturated carbocycles. The smallest absolute Gasteiger partial charge is 0.119 e. The van der Waals surface area contributed by atoms with Crippen LogP contribution < -0.4 is 4.74 Å². The van der Waals surface area contributed by atoms with Gasteiger partial charge in [0.25, 0.3) is 0 Å². The zero-order valence-electron chi connectivity index (χ0n) is 16.6. The fourth-order valence-electron chi connectivity index (χ4n) is 3.36. The van der Waals surface area contributed by atoms with Gasteiger partial charge in [0.15, 0.2) is 0 Å². The Morgan fingerprint density at radius 3 is 2.23 bits per heavy atom. The molecular formula is C24H34O2. The van der Waals surface area contributed by atoms with Gasteiger partial charge in [0.1, 0.15) is 5.75 Å². The molecule has 142 valence electrons. The SMILES string of the molecule is CCCC[C@H](CCCOc1ccc(CO)cc1)Cc1ccc(C)c(C)c1. The van der Waals surface area contributed by atoms with Crippen molar-refractivity contribution in [2.45, 2.75) is 65.9 Å². The normalized spacial score (nSPS) is 12.2. The van der Waals surface area contributed by atoms with E-state index in [0.29, 0.717) is 0 Å². The van der Waals surface area contributed by atoms with Crippen LogP contribution in [0, 0.1) is 19.8 Å². The lowest BCUT2D eigenvalue weighted by Crippen LogP contribution is -2.08. The third-order valence-corrected chi connectivity index (χ3v) is 5.19. The van der Waals surface area contributed by atoms with Gasteiger partial charge in [0.05, 0.1) is 13.2 Å². The highest BCUT2D eigenvalue weighted by molar-refractivity contribution is 5.30. The molecule has 2 aromatic carbocycles. The number of aliphatic hydroxyl groups excluding tert-OH is 1. The first-order chi connectivity index (χ1) is 12.6. The van der Waals surface area contributed by atoms with Crippen molar-refractivity contribution < 1.29 is 9.84 Å². The monoisotopic (exact) mass is 354 g/mol. The van der Waals surface area contributed by atoms with Gasteiger partial charge in [-0.25, -0.2) is 0 Å². The van der Waals surface area contributed by atoms with Crippen molar-refractivity contribution in [1.82, 2.24) is 0 Å². The minimum atomic E-state index is 0.0812. The molecule has 0 heterocycles. The van der Waals surface area contributed by atoms with Crippen molar-refractivity contribution in [3.05, 3.63) is 64.7 Å². The molecule has 1 atom stereocenters. The quantitative estimate of drug-likeness (QED) is 0.501. The van der Waals surface area contributed by atoms with Crippen molar-refractivity contribution in [1.29, 1.82) is 0 Å². The Balaban J connectivity index is 1.81. The van der Waals surface area contributed by atoms with Crippen LogP contribution in [0.15, 0.2) is 42.5 Å². The van der Waals surface area contributed by atoms with Gasteiger partial charge in [-0.05, 0) is 73.4 Å². The van der Waals surface area contributed by atoms with Gasteiger partial charge in [-0.2, -0.15) is 0 Å². The molecule has 2 heteroatoms. The van der Waals surface area contributed by atoms with Gasteiger partial charge in [0.2, 0.25) is 0 Å². The van der Waals surface area contributed by atoms with Crippen LogP contribution in [-0.4, -0.2) is 11.7 Å². The minimum absolute atomic E-state index is 0.0812. The van der Waals surface area contributed by atoms with E-state index in [1.54, 1.807) is 0 Å². The molecule has 2 nitrogen and oxygen atoms in total. The Morgan fingerprint density at radius 1 is 0.885 bits per heavy atom. The van der Waals surface area contributed by atoms with Crippen LogP contribution in [0.5, 0.6) is 5.75 Å². The third kappa shape index (κ3) is 6.84. The summed E-state index contributed by atoms with van der Waals surface area (Å²) < 4.78 is 5.86. The second-order valence-electron chi connectivity index (χ2n) is 7.42. The number of hydrogen-bond donors (Lipinski definition) is 1. The summed E-state index contributed by atoms with van der Waals surface area (Å²) in [4.78, 5) is 0. The highest BCUT2D eigenvalue weighted by Crippen LogP contribution is 2.22. The molecule has 26 heavy (non-hydrogen) atoms. The fraction of sp³-hybridized carbons (Fsp3) is 0.500. The summed E-state index contributed by atoms with van der Waals surface area (Å²) in [5.74, 6) is 1.62. The maximum Gasteiger partial charge on any atom is 0.119 e. The summed E-state index contributed by atoms with van der Waals surface area (Å²) in [7, 11) is 0. The van der Waals surface area contributed by atoms with E-state index in [-0.39, 0.29) is 6.61 Å². The van der Waals surface area contributed by atoms with E-state index in [4.69, 9.17) is 9.84 Å². The van der Waals surface area contributed by atoms with E-state index in [2.05, 4.69) is 39.0 Å². The Kier molecular flexibility index (Phi) is 8.70. The molecule has 0 bridgehead atoms. The zero-order chi connectivity index (χ0) is 18.8. The maximum atomic E-state index is 9.09. The third-order valence-electron chi connectivity index (χ3n) is 5.19. The van der Waals surface area contributed by atoms with Gasteiger partial charge >= 0.3 is 0 Å². The topological polar surface area (TPSA) is 29.5 Å². The van der Waals surface area contributed by atoms with Gasteiger partial charge in [-0.1, -0.05) is 56.5 Å². The Hall–Kier alpha value is -1.80. The number of aryl methyl sites for hydroxylation is 2. The second-order valence-corrected chi connectivity index (χ2v) is 7.42. The van der Waals surface area contributed by atoms with Crippen LogP contribution >= 0.6 is 0 Å². The molecule has 1 N–H and O–H groups in total. The fourth-order valence-corrected chi connectivity index (χ4v) is 3.36. The van der Waals surface area contributed by atoms with Crippen LogP contribution in [0.4, 0.5) is 0 Å². The molecule has 0 saturated heterocycles. The molecule has 0 amide bonds. The number of unbranched alkanes of at least 4 members (excludes halogenated alkanes) is 1. The van der Waals surface area contributed by atoms with Crippen molar-refractivity contribution in [3.8, 4) is 5.75 Å². The zero-order valence-corrected chi connectivity index (χ0v) is 16.6. The Labute approximate surface area is 159 Å². The molecule has 0 aliphatic heterocycles. The highest BCUT2D eigenvalue weighted by atomic mass is 16.5. The van der Waals surface area contributed by atoms with Crippen molar-refractivity contribution in [2.24, 2.45) is 5.92 Å². The first-order valence-corrected chi connectivity index (χ1v) is 10.0. The van der Waals surface area contributed by atoms with Crippen molar-refractivity contribution in [3.63, 3.8) is 0 Å². The lowest BCUT2D eigenvalue weighted by atomic mass is 9.89. The van der Waals surface area contributed by atoms with E-state index in [1.165, 1.54) is 48.8 Å². The number of aliphatic hydroxyl groups is 1. The van der Waals surface area contributed by atoms with Crippen molar-refractivity contribution >= 4 is 0 Å². The first-order valence-electron chi connectivity index (χ1n) is 10.0. The Bertz CT molecular complexity index is 646. The van der Waals surface area contributed by atoms with Gasteiger partial charge < -0.3 is 9.84 Å². The summed E-state index contributed by atoms with van der Waals surface area (Å²) >= 11 is 0. The van der Waals surface area contributed by atoms with E-state index < -0.39 is 0 Å². The molecule has 0 radical (unpaired) electrons. The predicted molar refractivity (Wildman–Crippen MR) is 110 cm³/mol. The van der Waals surface area contributed by atoms with E-state index in [0.717, 1.165) is 30.3 Å². The number of rotatable bonds is 11. The summed E-state index contributed by atoms with van der Waals surface area (Å²) in [5, 5.41) is 9.09. The predicted octanol–water partition coefficient (Wildman–Crippen LogP) is 6.00. The molecule has 0 fully saturated rings. The molecule has 0 unspecified atom stereocenters. The van der Waals surface area contributed by atoms with Crippen LogP contribution in [-0.2, 0) is 13.0 Å². The van der Waals surface area contributed by atoms with E-state index in [1.807, 2.05) is 24.3 Å². The minimum Gasteiger partial charge on any atom is -0.494 e. The lowest BCUT2D eigenvalue weighted by Gasteiger charge is -2.18. The first kappa shape index (κ1) is 20.5. The number of hydrogen-bond acceptors (Lipinski definition) is 2. The average Bonchev–Trinajstić information content (AvgIpc) is 2.66. The average molecular weight is 355 g/mol. The summed E-state index contributed by atoms with van der Waals surface area (Å²) in [6.07, 6.45) is 7.33. The van der Waals surface area contributed by atoms with Crippen LogP contribution in [0.2, 0.25) is 0 Å². The summed E-state index contributed by atoms with van der Waals surface area (Å²) in [5.41, 5.74) is 5.16.